The van der Waals surface area contributed by atoms with Crippen LogP contribution in [-0.4, -0.2) is 35.8 Å². The number of carbonyl (C=O) groups is 2. The lowest BCUT2D eigenvalue weighted by atomic mass is 10.1. The fraction of sp³-hybridized carbons (Fsp3) is 0.280. The zero-order chi connectivity index (χ0) is 23.9. The van der Waals surface area contributed by atoms with Gasteiger partial charge in [0.2, 0.25) is 11.8 Å². The minimum atomic E-state index is -4.49. The van der Waals surface area contributed by atoms with Gasteiger partial charge in [0.1, 0.15) is 18.1 Å². The van der Waals surface area contributed by atoms with Gasteiger partial charge in [-0.3, -0.25) is 19.4 Å². The predicted octanol–water partition coefficient (Wildman–Crippen LogP) is 4.92. The van der Waals surface area contributed by atoms with Gasteiger partial charge in [-0.15, -0.1) is 0 Å². The highest BCUT2D eigenvalue weighted by Crippen LogP contribution is 2.38. The van der Waals surface area contributed by atoms with Crippen LogP contribution >= 0.6 is 0 Å². The van der Waals surface area contributed by atoms with E-state index < -0.39 is 11.7 Å². The van der Waals surface area contributed by atoms with Crippen LogP contribution in [0.5, 0.6) is 0 Å². The third kappa shape index (κ3) is 4.56. The number of hydrogen-bond acceptors (Lipinski definition) is 4. The molecule has 5 rings (SSSR count). The number of amides is 2. The van der Waals surface area contributed by atoms with Crippen molar-refractivity contribution in [1.82, 2.24) is 4.90 Å². The normalized spacial score (nSPS) is 15.9. The third-order valence-electron chi connectivity index (χ3n) is 5.99. The van der Waals surface area contributed by atoms with Crippen LogP contribution in [0.25, 0.3) is 11.3 Å². The second-order valence-corrected chi connectivity index (χ2v) is 8.49. The number of rotatable bonds is 6. The van der Waals surface area contributed by atoms with E-state index in [-0.39, 0.29) is 48.8 Å². The van der Waals surface area contributed by atoms with Gasteiger partial charge in [-0.05, 0) is 43.2 Å². The molecule has 9 heteroatoms. The number of halogens is 3. The Labute approximate surface area is 194 Å². The topological polar surface area (TPSA) is 65.8 Å². The number of alkyl halides is 3. The molecule has 0 radical (unpaired) electrons. The lowest BCUT2D eigenvalue weighted by Crippen LogP contribution is -2.47. The molecule has 0 unspecified atom stereocenters. The Bertz CT molecular complexity index is 1230. The average molecular weight is 469 g/mol. The molecule has 6 nitrogen and oxygen atoms in total. The molecule has 3 aromatic rings. The van der Waals surface area contributed by atoms with Crippen molar-refractivity contribution in [3.63, 3.8) is 0 Å². The number of furan rings is 1. The maximum atomic E-state index is 13.4. The van der Waals surface area contributed by atoms with Gasteiger partial charge in [-0.1, -0.05) is 30.3 Å². The predicted molar refractivity (Wildman–Crippen MR) is 120 cm³/mol. The van der Waals surface area contributed by atoms with Gasteiger partial charge in [-0.2, -0.15) is 13.2 Å². The fourth-order valence-electron chi connectivity index (χ4n) is 4.22. The summed E-state index contributed by atoms with van der Waals surface area (Å²) < 4.78 is 46.0. The number of anilines is 2. The lowest BCUT2D eigenvalue weighted by molar-refractivity contribution is -0.137. The van der Waals surface area contributed by atoms with Crippen molar-refractivity contribution < 1.29 is 27.2 Å². The van der Waals surface area contributed by atoms with E-state index in [1.54, 1.807) is 30.3 Å². The highest BCUT2D eigenvalue weighted by Gasteiger charge is 2.36. The summed E-state index contributed by atoms with van der Waals surface area (Å²) in [6.45, 7) is 0.293. The summed E-state index contributed by atoms with van der Waals surface area (Å²) in [4.78, 5) is 28.7. The maximum absolute atomic E-state index is 13.4. The minimum absolute atomic E-state index is 0.0220. The van der Waals surface area contributed by atoms with Gasteiger partial charge in [0.15, 0.2) is 0 Å². The molecule has 2 amide bonds. The Morgan fingerprint density at radius 1 is 1.06 bits per heavy atom. The summed E-state index contributed by atoms with van der Waals surface area (Å²) in [6, 6.07) is 15.8. The first kappa shape index (κ1) is 22.2. The molecule has 0 atom stereocenters. The van der Waals surface area contributed by atoms with Gasteiger partial charge >= 0.3 is 6.18 Å². The van der Waals surface area contributed by atoms with Gasteiger partial charge in [0, 0.05) is 11.6 Å². The van der Waals surface area contributed by atoms with E-state index in [0.29, 0.717) is 17.1 Å². The van der Waals surface area contributed by atoms with Crippen molar-refractivity contribution in [2.24, 2.45) is 0 Å². The monoisotopic (exact) mass is 469 g/mol. The van der Waals surface area contributed by atoms with Crippen LogP contribution in [0.4, 0.5) is 24.5 Å². The van der Waals surface area contributed by atoms with E-state index in [4.69, 9.17) is 4.42 Å². The molecule has 2 aromatic carbocycles. The smallest absolute Gasteiger partial charge is 0.417 e. The van der Waals surface area contributed by atoms with Crippen molar-refractivity contribution in [2.45, 2.75) is 31.6 Å². The van der Waals surface area contributed by atoms with Crippen LogP contribution in [0, 0.1) is 0 Å². The van der Waals surface area contributed by atoms with Crippen molar-refractivity contribution >= 4 is 23.2 Å². The van der Waals surface area contributed by atoms with Crippen LogP contribution in [0.15, 0.2) is 65.1 Å². The number of para-hydroxylation sites is 2. The number of nitrogens with one attached hydrogen (secondary N) is 1. The number of carbonyl (C=O) groups excluding carboxylic acids is 2. The standard InChI is InChI=1S/C25H22F3N3O3/c26-25(27,28)19-6-2-1-5-18(19)22-12-11-17(34-22)13-30(16-9-10-16)15-24(33)31-14-23(32)29-20-7-3-4-8-21(20)31/h1-8,11-12,16H,9-10,13-15H2,(H,29,32). The minimum Gasteiger partial charge on any atom is -0.460 e. The molecule has 2 aliphatic rings. The van der Waals surface area contributed by atoms with Crippen LogP contribution < -0.4 is 10.2 Å². The maximum Gasteiger partial charge on any atom is 0.417 e. The SMILES string of the molecule is O=C1CN(C(=O)CN(Cc2ccc(-c3ccccc3C(F)(F)F)o2)C2CC2)c2ccccc2N1. The Balaban J connectivity index is 1.34. The molecule has 0 saturated heterocycles. The molecule has 34 heavy (non-hydrogen) atoms. The van der Waals surface area contributed by atoms with Gasteiger partial charge in [0.25, 0.3) is 0 Å². The largest absolute Gasteiger partial charge is 0.460 e. The quantitative estimate of drug-likeness (QED) is 0.557. The Morgan fingerprint density at radius 2 is 1.79 bits per heavy atom. The molecule has 0 spiro atoms. The first-order valence-corrected chi connectivity index (χ1v) is 11.0. The molecule has 1 saturated carbocycles. The molecule has 0 bridgehead atoms. The second kappa shape index (κ2) is 8.64. The Kier molecular flexibility index (Phi) is 5.65. The van der Waals surface area contributed by atoms with Crippen LogP contribution in [-0.2, 0) is 22.3 Å². The average Bonchev–Trinajstić information content (AvgIpc) is 3.56. The Morgan fingerprint density at radius 3 is 2.56 bits per heavy atom. The highest BCUT2D eigenvalue weighted by molar-refractivity contribution is 6.10. The number of nitrogens with zero attached hydrogens (tertiary/aromatic N) is 2. The molecule has 1 aliphatic carbocycles. The van der Waals surface area contributed by atoms with E-state index in [0.717, 1.165) is 18.9 Å². The molecule has 2 heterocycles. The summed E-state index contributed by atoms with van der Waals surface area (Å²) in [7, 11) is 0. The summed E-state index contributed by atoms with van der Waals surface area (Å²) >= 11 is 0. The molecular weight excluding hydrogens is 447 g/mol. The summed E-state index contributed by atoms with van der Waals surface area (Å²) in [5.74, 6) is 0.127. The van der Waals surface area contributed by atoms with Crippen molar-refractivity contribution in [1.29, 1.82) is 0 Å². The van der Waals surface area contributed by atoms with E-state index in [1.165, 1.54) is 29.2 Å². The first-order valence-electron chi connectivity index (χ1n) is 11.0. The zero-order valence-electron chi connectivity index (χ0n) is 18.1. The molecule has 176 valence electrons. The molecule has 1 fully saturated rings. The van der Waals surface area contributed by atoms with Crippen molar-refractivity contribution in [3.05, 3.63) is 72.0 Å². The van der Waals surface area contributed by atoms with E-state index in [1.807, 2.05) is 4.90 Å². The zero-order valence-corrected chi connectivity index (χ0v) is 18.1. The number of fused-ring (bicyclic) bond motifs is 1. The lowest BCUT2D eigenvalue weighted by Gasteiger charge is -2.31. The number of hydrogen-bond donors (Lipinski definition) is 1. The summed E-state index contributed by atoms with van der Waals surface area (Å²) in [5, 5.41) is 2.76. The van der Waals surface area contributed by atoms with E-state index in [2.05, 4.69) is 5.32 Å². The van der Waals surface area contributed by atoms with E-state index >= 15 is 0 Å². The number of benzene rings is 2. The van der Waals surface area contributed by atoms with Crippen LogP contribution in [0.2, 0.25) is 0 Å². The van der Waals surface area contributed by atoms with Gasteiger partial charge < -0.3 is 9.73 Å². The summed E-state index contributed by atoms with van der Waals surface area (Å²) in [5.41, 5.74) is 0.453. The highest BCUT2D eigenvalue weighted by atomic mass is 19.4. The molecular formula is C25H22F3N3O3. The molecule has 1 aromatic heterocycles. The molecule has 1 N–H and O–H groups in total. The van der Waals surface area contributed by atoms with Crippen LogP contribution in [0.1, 0.15) is 24.2 Å². The summed E-state index contributed by atoms with van der Waals surface area (Å²) in [6.07, 6.45) is -2.64. The second-order valence-electron chi connectivity index (χ2n) is 8.49. The Hall–Kier alpha value is -3.59. The van der Waals surface area contributed by atoms with Gasteiger partial charge in [0.05, 0.1) is 30.0 Å². The fourth-order valence-corrected chi connectivity index (χ4v) is 4.22. The third-order valence-corrected chi connectivity index (χ3v) is 5.99. The van der Waals surface area contributed by atoms with Crippen molar-refractivity contribution in [3.8, 4) is 11.3 Å². The van der Waals surface area contributed by atoms with Crippen LogP contribution in [0.3, 0.4) is 0 Å². The molecule has 1 aliphatic heterocycles. The first-order chi connectivity index (χ1) is 16.3. The van der Waals surface area contributed by atoms with E-state index in [9.17, 15) is 22.8 Å². The van der Waals surface area contributed by atoms with Crippen molar-refractivity contribution in [2.75, 3.05) is 23.3 Å². The van der Waals surface area contributed by atoms with Gasteiger partial charge in [-0.25, -0.2) is 0 Å².